The SMILES string of the molecule is NC(CC(Cc1ccc([N+](=O)[O-])c([18F])c1)C(=O)O)C(=O)O. The van der Waals surface area contributed by atoms with E-state index in [-0.39, 0.29) is 18.4 Å². The van der Waals surface area contributed by atoms with E-state index in [0.29, 0.717) is 0 Å². The predicted octanol–water partition coefficient (Wildman–Crippen LogP) is 0.779. The monoisotopic (exact) mass is 299 g/mol. The fourth-order valence-electron chi connectivity index (χ4n) is 1.79. The van der Waals surface area contributed by atoms with Crippen LogP contribution in [0.1, 0.15) is 12.0 Å². The highest BCUT2D eigenvalue weighted by Crippen LogP contribution is 2.21. The van der Waals surface area contributed by atoms with Crippen LogP contribution in [-0.2, 0) is 16.0 Å². The molecule has 0 amide bonds. The summed E-state index contributed by atoms with van der Waals surface area (Å²) in [6, 6.07) is 1.67. The summed E-state index contributed by atoms with van der Waals surface area (Å²) in [4.78, 5) is 31.3. The molecule has 9 heteroatoms. The number of benzene rings is 1. The first-order valence-electron chi connectivity index (χ1n) is 5.86. The Morgan fingerprint density at radius 1 is 1.33 bits per heavy atom. The van der Waals surface area contributed by atoms with Crippen molar-refractivity contribution >= 4 is 17.6 Å². The number of rotatable bonds is 7. The highest BCUT2D eigenvalue weighted by atomic mass is 18.2. The number of nitro benzene ring substituents is 1. The molecule has 8 nitrogen and oxygen atoms in total. The summed E-state index contributed by atoms with van der Waals surface area (Å²) in [5, 5.41) is 28.2. The van der Waals surface area contributed by atoms with Crippen molar-refractivity contribution in [3.05, 3.63) is 39.7 Å². The first kappa shape index (κ1) is 16.5. The van der Waals surface area contributed by atoms with Gasteiger partial charge in [-0.25, -0.2) is 0 Å². The van der Waals surface area contributed by atoms with Crippen LogP contribution >= 0.6 is 0 Å². The minimum Gasteiger partial charge on any atom is -0.481 e. The number of carboxylic acids is 2. The van der Waals surface area contributed by atoms with Gasteiger partial charge in [-0.2, -0.15) is 4.39 Å². The lowest BCUT2D eigenvalue weighted by Gasteiger charge is -2.15. The Labute approximate surface area is 118 Å². The van der Waals surface area contributed by atoms with Gasteiger partial charge in [-0.15, -0.1) is 0 Å². The van der Waals surface area contributed by atoms with Crippen molar-refractivity contribution in [1.29, 1.82) is 0 Å². The molecule has 0 spiro atoms. The van der Waals surface area contributed by atoms with Gasteiger partial charge in [0.1, 0.15) is 6.04 Å². The van der Waals surface area contributed by atoms with Crippen molar-refractivity contribution < 1.29 is 29.1 Å². The van der Waals surface area contributed by atoms with Crippen molar-refractivity contribution in [2.45, 2.75) is 18.9 Å². The van der Waals surface area contributed by atoms with E-state index >= 15 is 0 Å². The molecule has 2 atom stereocenters. The third-order valence-electron chi connectivity index (χ3n) is 2.90. The topological polar surface area (TPSA) is 144 Å². The van der Waals surface area contributed by atoms with Crippen molar-refractivity contribution in [1.82, 2.24) is 0 Å². The largest absolute Gasteiger partial charge is 0.481 e. The molecule has 1 rings (SSSR count). The smallest absolute Gasteiger partial charge is 0.320 e. The fraction of sp³-hybridized carbons (Fsp3) is 0.333. The van der Waals surface area contributed by atoms with Crippen LogP contribution in [0.4, 0.5) is 10.1 Å². The van der Waals surface area contributed by atoms with Gasteiger partial charge in [0.05, 0.1) is 10.8 Å². The molecule has 0 saturated heterocycles. The molecule has 0 bridgehead atoms. The average Bonchev–Trinajstić information content (AvgIpc) is 2.37. The van der Waals surface area contributed by atoms with Gasteiger partial charge in [0.25, 0.3) is 0 Å². The standard InChI is InChI=1S/C12H13FN2O6/c13-8-4-6(1-2-10(8)15(20)21)3-7(11(16)17)5-9(14)12(18)19/h1-2,4,7,9H,3,5,14H2,(H,16,17)(H,18,19)/i13-1. The lowest BCUT2D eigenvalue weighted by atomic mass is 9.93. The molecule has 0 aromatic heterocycles. The third-order valence-corrected chi connectivity index (χ3v) is 2.90. The number of aliphatic carboxylic acids is 2. The Hall–Kier alpha value is -2.55. The molecule has 0 heterocycles. The maximum Gasteiger partial charge on any atom is 0.320 e. The number of nitrogens with two attached hydrogens (primary N) is 1. The number of nitrogens with zero attached hydrogens (tertiary/aromatic N) is 1. The molecule has 21 heavy (non-hydrogen) atoms. The molecular formula is C12H13FN2O6. The summed E-state index contributed by atoms with van der Waals surface area (Å²) in [5.41, 5.74) is 4.77. The summed E-state index contributed by atoms with van der Waals surface area (Å²) in [6.07, 6.45) is -0.505. The zero-order valence-electron chi connectivity index (χ0n) is 10.7. The van der Waals surface area contributed by atoms with Crippen LogP contribution in [0.2, 0.25) is 0 Å². The number of carboxylic acid groups (broad SMARTS) is 2. The lowest BCUT2D eigenvalue weighted by molar-refractivity contribution is -0.387. The second-order valence-electron chi connectivity index (χ2n) is 4.46. The number of nitro groups is 1. The molecule has 0 aliphatic rings. The van der Waals surface area contributed by atoms with Crippen molar-refractivity contribution in [2.75, 3.05) is 0 Å². The van der Waals surface area contributed by atoms with Crippen LogP contribution in [0.15, 0.2) is 18.2 Å². The molecule has 0 aliphatic carbocycles. The maximum absolute atomic E-state index is 13.4. The lowest BCUT2D eigenvalue weighted by Crippen LogP contribution is -2.35. The highest BCUT2D eigenvalue weighted by molar-refractivity contribution is 5.76. The zero-order chi connectivity index (χ0) is 16.2. The van der Waals surface area contributed by atoms with Gasteiger partial charge in [-0.1, -0.05) is 6.07 Å². The fourth-order valence-corrected chi connectivity index (χ4v) is 1.79. The maximum atomic E-state index is 13.4. The second kappa shape index (κ2) is 6.75. The number of halogens is 1. The Morgan fingerprint density at radius 3 is 2.38 bits per heavy atom. The van der Waals surface area contributed by atoms with Gasteiger partial charge in [0, 0.05) is 6.07 Å². The van der Waals surface area contributed by atoms with E-state index in [1.54, 1.807) is 0 Å². The van der Waals surface area contributed by atoms with Gasteiger partial charge < -0.3 is 15.9 Å². The molecule has 114 valence electrons. The molecule has 0 aliphatic heterocycles. The Bertz CT molecular complexity index is 577. The highest BCUT2D eigenvalue weighted by Gasteiger charge is 2.25. The van der Waals surface area contributed by atoms with Crippen LogP contribution in [0.25, 0.3) is 0 Å². The molecule has 0 fully saturated rings. The summed E-state index contributed by atoms with van der Waals surface area (Å²) >= 11 is 0. The summed E-state index contributed by atoms with van der Waals surface area (Å²) < 4.78 is 13.4. The van der Waals surface area contributed by atoms with Crippen molar-refractivity contribution in [3.63, 3.8) is 0 Å². The van der Waals surface area contributed by atoms with Gasteiger partial charge in [0.2, 0.25) is 5.82 Å². The van der Waals surface area contributed by atoms with Crippen LogP contribution in [0.5, 0.6) is 0 Å². The summed E-state index contributed by atoms with van der Waals surface area (Å²) in [7, 11) is 0. The predicted molar refractivity (Wildman–Crippen MR) is 68.1 cm³/mol. The second-order valence-corrected chi connectivity index (χ2v) is 4.46. The van der Waals surface area contributed by atoms with Crippen LogP contribution in [0, 0.1) is 21.8 Å². The normalized spacial score (nSPS) is 13.4. The Morgan fingerprint density at radius 2 is 1.95 bits per heavy atom. The first-order valence-corrected chi connectivity index (χ1v) is 5.86. The van der Waals surface area contributed by atoms with Gasteiger partial charge in [0.15, 0.2) is 0 Å². The molecule has 0 saturated carbocycles. The van der Waals surface area contributed by atoms with Crippen LogP contribution in [-0.4, -0.2) is 33.1 Å². The van der Waals surface area contributed by atoms with Gasteiger partial charge in [-0.05, 0) is 24.5 Å². The summed E-state index contributed by atoms with van der Waals surface area (Å²) in [5.74, 6) is -4.82. The zero-order valence-corrected chi connectivity index (χ0v) is 10.7. The van der Waals surface area contributed by atoms with Crippen LogP contribution < -0.4 is 5.73 Å². The van der Waals surface area contributed by atoms with Crippen molar-refractivity contribution in [2.24, 2.45) is 11.7 Å². The van der Waals surface area contributed by atoms with Crippen LogP contribution in [0.3, 0.4) is 0 Å². The van der Waals surface area contributed by atoms with Gasteiger partial charge in [-0.3, -0.25) is 19.7 Å². The molecule has 4 N–H and O–H groups in total. The Balaban J connectivity index is 2.90. The quantitative estimate of drug-likeness (QED) is 0.498. The molecule has 1 aromatic carbocycles. The van der Waals surface area contributed by atoms with E-state index in [1.807, 2.05) is 0 Å². The molecule has 0 radical (unpaired) electrons. The molecular weight excluding hydrogens is 286 g/mol. The minimum absolute atomic E-state index is 0.175. The van der Waals surface area contributed by atoms with E-state index in [4.69, 9.17) is 15.9 Å². The number of hydrogen-bond donors (Lipinski definition) is 3. The minimum atomic E-state index is -1.35. The number of hydrogen-bond acceptors (Lipinski definition) is 5. The van der Waals surface area contributed by atoms with Gasteiger partial charge >= 0.3 is 17.6 Å². The Kier molecular flexibility index (Phi) is 5.30. The average molecular weight is 299 g/mol. The summed E-state index contributed by atoms with van der Waals surface area (Å²) in [6.45, 7) is 0. The van der Waals surface area contributed by atoms with E-state index in [0.717, 1.165) is 12.1 Å². The van der Waals surface area contributed by atoms with E-state index in [1.165, 1.54) is 6.07 Å². The van der Waals surface area contributed by atoms with Crippen molar-refractivity contribution in [3.8, 4) is 0 Å². The van der Waals surface area contributed by atoms with E-state index in [2.05, 4.69) is 0 Å². The molecule has 2 unspecified atom stereocenters. The third kappa shape index (κ3) is 4.49. The van der Waals surface area contributed by atoms with E-state index < -0.39 is 40.3 Å². The number of carbonyl (C=O) groups is 2. The molecule has 1 aromatic rings. The van der Waals surface area contributed by atoms with E-state index in [9.17, 15) is 24.1 Å². The first-order chi connectivity index (χ1) is 9.72.